The molecule has 1 aromatic carbocycles. The lowest BCUT2D eigenvalue weighted by molar-refractivity contribution is -0.123. The van der Waals surface area contributed by atoms with Crippen LogP contribution in [0.2, 0.25) is 0 Å². The molecule has 8 heteroatoms. The van der Waals surface area contributed by atoms with Gasteiger partial charge in [0.1, 0.15) is 12.4 Å². The van der Waals surface area contributed by atoms with E-state index < -0.39 is 24.6 Å². The maximum atomic E-state index is 13.9. The number of urea groups is 1. The Kier molecular flexibility index (Phi) is 6.04. The van der Waals surface area contributed by atoms with E-state index in [1.807, 2.05) is 12.4 Å². The van der Waals surface area contributed by atoms with Gasteiger partial charge in [0.2, 0.25) is 0 Å². The van der Waals surface area contributed by atoms with E-state index in [1.54, 1.807) is 6.07 Å². The highest BCUT2D eigenvalue weighted by atomic mass is 19.4. The van der Waals surface area contributed by atoms with E-state index in [2.05, 4.69) is 4.90 Å². The molecule has 1 aliphatic rings. The van der Waals surface area contributed by atoms with Crippen molar-refractivity contribution in [3.05, 3.63) is 35.6 Å². The predicted octanol–water partition coefficient (Wildman–Crippen LogP) is 2.99. The number of alkyl halides is 3. The molecule has 1 N–H and O–H groups in total. The number of carbonyl (C=O) groups excluding carboxylic acids is 1. The summed E-state index contributed by atoms with van der Waals surface area (Å²) >= 11 is 0. The summed E-state index contributed by atoms with van der Waals surface area (Å²) in [6.45, 7) is 0.0347. The van der Waals surface area contributed by atoms with Gasteiger partial charge in [0, 0.05) is 11.6 Å². The van der Waals surface area contributed by atoms with Crippen LogP contribution in [0, 0.1) is 5.82 Å². The van der Waals surface area contributed by atoms with Gasteiger partial charge in [-0.05, 0) is 39.0 Å². The van der Waals surface area contributed by atoms with Crippen LogP contribution in [-0.2, 0) is 6.54 Å². The van der Waals surface area contributed by atoms with Crippen molar-refractivity contribution in [1.82, 2.24) is 15.1 Å². The van der Waals surface area contributed by atoms with Crippen LogP contribution < -0.4 is 5.32 Å². The summed E-state index contributed by atoms with van der Waals surface area (Å²) < 4.78 is 51.0. The number of amides is 2. The first kappa shape index (κ1) is 18.5. The Labute approximate surface area is 138 Å². The molecule has 0 aromatic heterocycles. The number of hydrogen-bond donors (Lipinski definition) is 1. The summed E-state index contributed by atoms with van der Waals surface area (Å²) in [6, 6.07) is 4.95. The van der Waals surface area contributed by atoms with Crippen LogP contribution >= 0.6 is 0 Å². The lowest BCUT2D eigenvalue weighted by Crippen LogP contribution is -2.51. The van der Waals surface area contributed by atoms with Crippen LogP contribution in [0.5, 0.6) is 0 Å². The van der Waals surface area contributed by atoms with Crippen molar-refractivity contribution in [2.45, 2.75) is 31.6 Å². The van der Waals surface area contributed by atoms with Crippen LogP contribution in [0.4, 0.5) is 22.4 Å². The number of benzene rings is 1. The van der Waals surface area contributed by atoms with E-state index in [1.165, 1.54) is 23.1 Å². The lowest BCUT2D eigenvalue weighted by Gasteiger charge is -2.37. The molecule has 24 heavy (non-hydrogen) atoms. The van der Waals surface area contributed by atoms with E-state index in [9.17, 15) is 22.4 Å². The van der Waals surface area contributed by atoms with Gasteiger partial charge in [0.15, 0.2) is 0 Å². The van der Waals surface area contributed by atoms with Gasteiger partial charge in [-0.15, -0.1) is 0 Å². The largest absolute Gasteiger partial charge is 0.405 e. The van der Waals surface area contributed by atoms with Crippen molar-refractivity contribution in [1.29, 1.82) is 0 Å². The minimum atomic E-state index is -4.48. The molecule has 0 spiro atoms. The average Bonchev–Trinajstić information content (AvgIpc) is 2.52. The zero-order valence-electron chi connectivity index (χ0n) is 13.4. The fraction of sp³-hybridized carbons (Fsp3) is 0.562. The molecule has 0 atom stereocenters. The summed E-state index contributed by atoms with van der Waals surface area (Å²) in [7, 11) is 1.95. The van der Waals surface area contributed by atoms with Gasteiger partial charge in [0.25, 0.3) is 0 Å². The Morgan fingerprint density at radius 2 is 1.92 bits per heavy atom. The molecule has 2 amide bonds. The molecule has 0 radical (unpaired) electrons. The predicted molar refractivity (Wildman–Crippen MR) is 81.9 cm³/mol. The first-order valence-corrected chi connectivity index (χ1v) is 7.79. The zero-order chi connectivity index (χ0) is 17.7. The lowest BCUT2D eigenvalue weighted by atomic mass is 10.0. The molecule has 0 unspecified atom stereocenters. The maximum absolute atomic E-state index is 13.9. The van der Waals surface area contributed by atoms with Gasteiger partial charge in [-0.25, -0.2) is 9.18 Å². The average molecular weight is 347 g/mol. The Hall–Kier alpha value is -1.83. The number of likely N-dealkylation sites (tertiary alicyclic amines) is 1. The van der Waals surface area contributed by atoms with Crippen molar-refractivity contribution in [2.75, 3.05) is 26.7 Å². The molecular weight excluding hydrogens is 326 g/mol. The molecular formula is C16H21F4N3O. The van der Waals surface area contributed by atoms with Gasteiger partial charge >= 0.3 is 12.2 Å². The zero-order valence-corrected chi connectivity index (χ0v) is 13.4. The minimum absolute atomic E-state index is 0.0508. The van der Waals surface area contributed by atoms with Crippen LogP contribution in [0.1, 0.15) is 18.4 Å². The Morgan fingerprint density at radius 1 is 1.29 bits per heavy atom. The summed E-state index contributed by atoms with van der Waals surface area (Å²) in [5.74, 6) is -0.473. The summed E-state index contributed by atoms with van der Waals surface area (Å²) in [6.07, 6.45) is -3.19. The van der Waals surface area contributed by atoms with Crippen LogP contribution in [0.25, 0.3) is 0 Å². The number of nitrogens with zero attached hydrogens (tertiary/aromatic N) is 2. The third kappa shape index (κ3) is 5.36. The molecule has 2 rings (SSSR count). The van der Waals surface area contributed by atoms with Crippen LogP contribution in [0.3, 0.4) is 0 Å². The van der Waals surface area contributed by atoms with Crippen molar-refractivity contribution < 1.29 is 22.4 Å². The highest BCUT2D eigenvalue weighted by molar-refractivity contribution is 5.74. The molecule has 1 saturated heterocycles. The van der Waals surface area contributed by atoms with Crippen molar-refractivity contribution >= 4 is 6.03 Å². The van der Waals surface area contributed by atoms with Crippen molar-refractivity contribution in [3.8, 4) is 0 Å². The van der Waals surface area contributed by atoms with Gasteiger partial charge < -0.3 is 15.1 Å². The highest BCUT2D eigenvalue weighted by Gasteiger charge is 2.32. The first-order valence-electron chi connectivity index (χ1n) is 7.79. The summed E-state index contributed by atoms with van der Waals surface area (Å²) in [5.41, 5.74) is 0.290. The van der Waals surface area contributed by atoms with E-state index in [0.717, 1.165) is 13.1 Å². The van der Waals surface area contributed by atoms with E-state index in [4.69, 9.17) is 0 Å². The molecule has 1 aromatic rings. The SMILES string of the molecule is CN1CCC(N(Cc2ccccc2F)C(=O)NCC(F)(F)F)CC1. The molecule has 1 fully saturated rings. The maximum Gasteiger partial charge on any atom is 0.405 e. The quantitative estimate of drug-likeness (QED) is 0.850. The van der Waals surface area contributed by atoms with Crippen molar-refractivity contribution in [3.63, 3.8) is 0 Å². The van der Waals surface area contributed by atoms with Crippen LogP contribution in [0.15, 0.2) is 24.3 Å². The third-order valence-corrected chi connectivity index (χ3v) is 4.13. The third-order valence-electron chi connectivity index (χ3n) is 4.13. The number of nitrogens with one attached hydrogen (secondary N) is 1. The molecule has 1 heterocycles. The number of piperidine rings is 1. The molecule has 0 aliphatic carbocycles. The Bertz CT molecular complexity index is 556. The summed E-state index contributed by atoms with van der Waals surface area (Å²) in [4.78, 5) is 15.7. The topological polar surface area (TPSA) is 35.6 Å². The second kappa shape index (κ2) is 7.83. The fourth-order valence-electron chi connectivity index (χ4n) is 2.76. The normalized spacial score (nSPS) is 16.9. The number of rotatable bonds is 4. The van der Waals surface area contributed by atoms with E-state index in [0.29, 0.717) is 18.4 Å². The molecule has 1 aliphatic heterocycles. The molecule has 0 saturated carbocycles. The van der Waals surface area contributed by atoms with Gasteiger partial charge in [-0.1, -0.05) is 18.2 Å². The van der Waals surface area contributed by atoms with Gasteiger partial charge in [-0.2, -0.15) is 13.2 Å². The van der Waals surface area contributed by atoms with Gasteiger partial charge in [-0.3, -0.25) is 0 Å². The highest BCUT2D eigenvalue weighted by Crippen LogP contribution is 2.20. The summed E-state index contributed by atoms with van der Waals surface area (Å²) in [5, 5.41) is 1.90. The van der Waals surface area contributed by atoms with Gasteiger partial charge in [0.05, 0.1) is 6.54 Å². The standard InChI is InChI=1S/C16H21F4N3O/c1-22-8-6-13(7-9-22)23(15(24)21-11-16(18,19)20)10-12-4-2-3-5-14(12)17/h2-5,13H,6-11H2,1H3,(H,21,24). The van der Waals surface area contributed by atoms with Crippen molar-refractivity contribution in [2.24, 2.45) is 0 Å². The molecule has 4 nitrogen and oxygen atoms in total. The molecule has 0 bridgehead atoms. The first-order chi connectivity index (χ1) is 11.3. The van der Waals surface area contributed by atoms with E-state index >= 15 is 0 Å². The molecule has 134 valence electrons. The minimum Gasteiger partial charge on any atom is -0.329 e. The second-order valence-corrected chi connectivity index (χ2v) is 6.03. The Morgan fingerprint density at radius 3 is 2.50 bits per heavy atom. The van der Waals surface area contributed by atoms with E-state index in [-0.39, 0.29) is 12.6 Å². The number of hydrogen-bond acceptors (Lipinski definition) is 2. The monoisotopic (exact) mass is 347 g/mol. The second-order valence-electron chi connectivity index (χ2n) is 6.03. The smallest absolute Gasteiger partial charge is 0.329 e. The number of halogens is 4. The van der Waals surface area contributed by atoms with Crippen LogP contribution in [-0.4, -0.2) is 54.7 Å². The Balaban J connectivity index is 2.11. The fourth-order valence-corrected chi connectivity index (χ4v) is 2.76. The number of carbonyl (C=O) groups is 1.